The highest BCUT2D eigenvalue weighted by atomic mass is 35.5. The average molecular weight is 464 g/mol. The van der Waals surface area contributed by atoms with Gasteiger partial charge in [0, 0.05) is 25.0 Å². The minimum absolute atomic E-state index is 0.131. The molecule has 4 rings (SSSR count). The molecule has 0 radical (unpaired) electrons. The summed E-state index contributed by atoms with van der Waals surface area (Å²) in [5.41, 5.74) is -0.272. The summed E-state index contributed by atoms with van der Waals surface area (Å²) in [5, 5.41) is 6.60. The van der Waals surface area contributed by atoms with E-state index in [9.17, 15) is 18.0 Å². The second-order valence-corrected chi connectivity index (χ2v) is 7.94. The van der Waals surface area contributed by atoms with Gasteiger partial charge >= 0.3 is 6.18 Å². The van der Waals surface area contributed by atoms with E-state index in [1.807, 2.05) is 12.1 Å². The topological polar surface area (TPSA) is 63.1 Å². The van der Waals surface area contributed by atoms with Crippen molar-refractivity contribution in [3.8, 4) is 5.69 Å². The average Bonchev–Trinajstić information content (AvgIpc) is 3.45. The molecule has 1 fully saturated rings. The number of aromatic nitrogens is 3. The summed E-state index contributed by atoms with van der Waals surface area (Å²) in [6.07, 6.45) is 0.821. The van der Waals surface area contributed by atoms with Crippen LogP contribution in [0.25, 0.3) is 5.69 Å². The van der Waals surface area contributed by atoms with Crippen LogP contribution < -0.4 is 5.32 Å². The highest BCUT2D eigenvalue weighted by Gasteiger charge is 2.36. The maximum Gasteiger partial charge on any atom is 0.435 e. The van der Waals surface area contributed by atoms with Crippen molar-refractivity contribution < 1.29 is 18.0 Å². The van der Waals surface area contributed by atoms with Crippen molar-refractivity contribution in [2.75, 3.05) is 19.6 Å². The number of para-hydroxylation sites is 1. The number of nitrogens with one attached hydrogen (secondary N) is 1. The zero-order valence-electron chi connectivity index (χ0n) is 17.0. The molecule has 1 unspecified atom stereocenters. The fourth-order valence-corrected chi connectivity index (χ4v) is 4.07. The Morgan fingerprint density at radius 1 is 1.16 bits per heavy atom. The van der Waals surface area contributed by atoms with Crippen LogP contribution in [0.15, 0.2) is 54.9 Å². The largest absolute Gasteiger partial charge is 0.435 e. The lowest BCUT2D eigenvalue weighted by molar-refractivity contribution is -0.141. The number of alkyl halides is 3. The predicted molar refractivity (Wildman–Crippen MR) is 114 cm³/mol. The van der Waals surface area contributed by atoms with Crippen LogP contribution in [-0.2, 0) is 6.18 Å². The van der Waals surface area contributed by atoms with Gasteiger partial charge < -0.3 is 5.32 Å². The number of likely N-dealkylation sites (tertiary alicyclic amines) is 1. The third-order valence-corrected chi connectivity index (χ3v) is 5.74. The van der Waals surface area contributed by atoms with Crippen LogP contribution in [0, 0.1) is 0 Å². The highest BCUT2D eigenvalue weighted by molar-refractivity contribution is 6.32. The molecule has 2 aromatic heterocycles. The molecule has 1 aromatic carbocycles. The maximum absolute atomic E-state index is 13.3. The van der Waals surface area contributed by atoms with Gasteiger partial charge in [-0.05, 0) is 49.7 Å². The van der Waals surface area contributed by atoms with Crippen molar-refractivity contribution in [3.05, 3.63) is 76.8 Å². The Morgan fingerprint density at radius 3 is 2.56 bits per heavy atom. The molecule has 1 saturated heterocycles. The zero-order chi connectivity index (χ0) is 22.7. The van der Waals surface area contributed by atoms with E-state index in [4.69, 9.17) is 11.6 Å². The number of carbonyl (C=O) groups is 1. The van der Waals surface area contributed by atoms with Gasteiger partial charge in [-0.1, -0.05) is 29.8 Å². The molecule has 0 aliphatic carbocycles. The van der Waals surface area contributed by atoms with Crippen molar-refractivity contribution in [2.45, 2.75) is 25.1 Å². The lowest BCUT2D eigenvalue weighted by Gasteiger charge is -2.28. The molecule has 1 aliphatic rings. The highest BCUT2D eigenvalue weighted by Crippen LogP contribution is 2.31. The van der Waals surface area contributed by atoms with E-state index in [2.05, 4.69) is 20.3 Å². The third-order valence-electron chi connectivity index (χ3n) is 5.42. The number of halogens is 4. The van der Waals surface area contributed by atoms with E-state index in [-0.39, 0.29) is 29.0 Å². The van der Waals surface area contributed by atoms with Gasteiger partial charge in [-0.2, -0.15) is 18.3 Å². The number of amides is 1. The molecule has 168 valence electrons. The van der Waals surface area contributed by atoms with Gasteiger partial charge in [-0.15, -0.1) is 0 Å². The summed E-state index contributed by atoms with van der Waals surface area (Å²) in [7, 11) is 0. The van der Waals surface area contributed by atoms with Gasteiger partial charge in [0.2, 0.25) is 0 Å². The SMILES string of the molecule is O=C(NCC(c1cccnc1)N1CCCC1)c1cc(C(F)(F)F)nn1-c1ccccc1Cl. The number of carbonyl (C=O) groups excluding carboxylic acids is 1. The van der Waals surface area contributed by atoms with Gasteiger partial charge in [-0.3, -0.25) is 14.7 Å². The van der Waals surface area contributed by atoms with Crippen LogP contribution in [0.3, 0.4) is 0 Å². The number of rotatable bonds is 6. The number of pyridine rings is 1. The van der Waals surface area contributed by atoms with Crippen LogP contribution in [0.1, 0.15) is 40.6 Å². The summed E-state index contributed by atoms with van der Waals surface area (Å²) < 4.78 is 41.0. The first kappa shape index (κ1) is 22.3. The minimum Gasteiger partial charge on any atom is -0.349 e. The maximum atomic E-state index is 13.3. The molecule has 1 aliphatic heterocycles. The van der Waals surface area contributed by atoms with Gasteiger partial charge in [-0.25, -0.2) is 4.68 Å². The summed E-state index contributed by atoms with van der Waals surface area (Å²) in [5.74, 6) is -0.666. The van der Waals surface area contributed by atoms with Gasteiger partial charge in [0.15, 0.2) is 5.69 Å². The quantitative estimate of drug-likeness (QED) is 0.584. The van der Waals surface area contributed by atoms with Crippen molar-refractivity contribution in [3.63, 3.8) is 0 Å². The van der Waals surface area contributed by atoms with E-state index in [0.29, 0.717) is 0 Å². The zero-order valence-corrected chi connectivity index (χ0v) is 17.8. The summed E-state index contributed by atoms with van der Waals surface area (Å²) in [6, 6.07) is 10.7. The molecule has 32 heavy (non-hydrogen) atoms. The molecule has 0 bridgehead atoms. The summed E-state index contributed by atoms with van der Waals surface area (Å²) in [6.45, 7) is 1.98. The Kier molecular flexibility index (Phi) is 6.48. The first-order valence-corrected chi connectivity index (χ1v) is 10.6. The normalized spacial score (nSPS) is 15.6. The number of hydrogen-bond donors (Lipinski definition) is 1. The first-order valence-electron chi connectivity index (χ1n) is 10.2. The predicted octanol–water partition coefficient (Wildman–Crippen LogP) is 4.51. The van der Waals surface area contributed by atoms with Crippen molar-refractivity contribution >= 4 is 17.5 Å². The van der Waals surface area contributed by atoms with Crippen LogP contribution >= 0.6 is 11.6 Å². The fourth-order valence-electron chi connectivity index (χ4n) is 3.85. The number of benzene rings is 1. The lowest BCUT2D eigenvalue weighted by atomic mass is 10.1. The van der Waals surface area contributed by atoms with Crippen molar-refractivity contribution in [1.82, 2.24) is 25.0 Å². The monoisotopic (exact) mass is 463 g/mol. The van der Waals surface area contributed by atoms with Gasteiger partial charge in [0.25, 0.3) is 5.91 Å². The molecule has 3 heterocycles. The molecule has 1 amide bonds. The molecular weight excluding hydrogens is 443 g/mol. The van der Waals surface area contributed by atoms with Crippen molar-refractivity contribution in [1.29, 1.82) is 0 Å². The summed E-state index contributed by atoms with van der Waals surface area (Å²) in [4.78, 5) is 19.4. The number of hydrogen-bond acceptors (Lipinski definition) is 4. The molecule has 3 aromatic rings. The van der Waals surface area contributed by atoms with Crippen LogP contribution in [0.5, 0.6) is 0 Å². The van der Waals surface area contributed by atoms with Gasteiger partial charge in [0.05, 0.1) is 16.8 Å². The Bertz CT molecular complexity index is 1080. The van der Waals surface area contributed by atoms with Crippen LogP contribution in [-0.4, -0.2) is 45.2 Å². The minimum atomic E-state index is -4.70. The van der Waals surface area contributed by atoms with Crippen molar-refractivity contribution in [2.24, 2.45) is 0 Å². The molecule has 1 N–H and O–H groups in total. The summed E-state index contributed by atoms with van der Waals surface area (Å²) >= 11 is 6.17. The number of nitrogens with zero attached hydrogens (tertiary/aromatic N) is 4. The van der Waals surface area contributed by atoms with E-state index in [0.717, 1.165) is 42.2 Å². The molecule has 0 saturated carbocycles. The van der Waals surface area contributed by atoms with E-state index >= 15 is 0 Å². The first-order chi connectivity index (χ1) is 15.3. The Labute approximate surface area is 188 Å². The fraction of sp³-hybridized carbons (Fsp3) is 0.318. The standard InChI is InChI=1S/C22H21ClF3N5O/c23-16-7-1-2-8-17(16)31-18(12-20(29-31)22(24,25)26)21(32)28-14-19(30-10-3-4-11-30)15-6-5-9-27-13-15/h1-2,5-9,12-13,19H,3-4,10-11,14H2,(H,28,32). The smallest absolute Gasteiger partial charge is 0.349 e. The Hall–Kier alpha value is -2.91. The van der Waals surface area contributed by atoms with Gasteiger partial charge in [0.1, 0.15) is 5.69 Å². The lowest BCUT2D eigenvalue weighted by Crippen LogP contribution is -2.37. The second kappa shape index (κ2) is 9.30. The van der Waals surface area contributed by atoms with E-state index < -0.39 is 17.8 Å². The van der Waals surface area contributed by atoms with Crippen LogP contribution in [0.4, 0.5) is 13.2 Å². The molecule has 6 nitrogen and oxygen atoms in total. The molecule has 1 atom stereocenters. The van der Waals surface area contributed by atoms with Crippen LogP contribution in [0.2, 0.25) is 5.02 Å². The molecular formula is C22H21ClF3N5O. The Morgan fingerprint density at radius 2 is 1.91 bits per heavy atom. The third kappa shape index (κ3) is 4.78. The van der Waals surface area contributed by atoms with E-state index in [1.165, 1.54) is 12.1 Å². The molecule has 0 spiro atoms. The van der Waals surface area contributed by atoms with E-state index in [1.54, 1.807) is 24.5 Å². The second-order valence-electron chi connectivity index (χ2n) is 7.53. The molecule has 10 heteroatoms. The Balaban J connectivity index is 1.62.